The lowest BCUT2D eigenvalue weighted by atomic mass is 10.3. The fourth-order valence-electron chi connectivity index (χ4n) is 0.843. The summed E-state index contributed by atoms with van der Waals surface area (Å²) in [5, 5.41) is 3.07. The van der Waals surface area contributed by atoms with E-state index in [1.807, 2.05) is 0 Å². The molecule has 1 amide bonds. The van der Waals surface area contributed by atoms with Gasteiger partial charge in [-0.2, -0.15) is 0 Å². The van der Waals surface area contributed by atoms with E-state index in [4.69, 9.17) is 27.9 Å². The van der Waals surface area contributed by atoms with Crippen LogP contribution in [0, 0.1) is 0 Å². The van der Waals surface area contributed by atoms with E-state index in [9.17, 15) is 4.79 Å². The van der Waals surface area contributed by atoms with Crippen molar-refractivity contribution in [1.82, 2.24) is 5.32 Å². The maximum Gasteiger partial charge on any atom is 0.412 e. The van der Waals surface area contributed by atoms with E-state index in [0.717, 1.165) is 0 Å². The topological polar surface area (TPSA) is 38.3 Å². The number of benzene rings is 1. The summed E-state index contributed by atoms with van der Waals surface area (Å²) >= 11 is 11.5. The van der Waals surface area contributed by atoms with E-state index in [1.54, 1.807) is 25.1 Å². The van der Waals surface area contributed by atoms with Crippen LogP contribution >= 0.6 is 23.2 Å². The molecule has 1 rings (SSSR count). The maximum absolute atomic E-state index is 11.0. The molecule has 0 aliphatic rings. The van der Waals surface area contributed by atoms with Gasteiger partial charge in [-0.25, -0.2) is 4.79 Å². The molecule has 3 nitrogen and oxygen atoms in total. The van der Waals surface area contributed by atoms with Gasteiger partial charge in [0.1, 0.15) is 5.02 Å². The summed E-state index contributed by atoms with van der Waals surface area (Å²) in [5.41, 5.74) is 0. The number of rotatable bonds is 2. The van der Waals surface area contributed by atoms with Crippen molar-refractivity contribution in [2.75, 3.05) is 6.54 Å². The van der Waals surface area contributed by atoms with Crippen LogP contribution < -0.4 is 10.1 Å². The lowest BCUT2D eigenvalue weighted by molar-refractivity contribution is 0.201. The van der Waals surface area contributed by atoms with Gasteiger partial charge in [0.25, 0.3) is 0 Å². The summed E-state index contributed by atoms with van der Waals surface area (Å²) in [4.78, 5) is 11.0. The van der Waals surface area contributed by atoms with E-state index in [1.165, 1.54) is 0 Å². The zero-order valence-corrected chi connectivity index (χ0v) is 9.02. The highest BCUT2D eigenvalue weighted by Crippen LogP contribution is 2.31. The van der Waals surface area contributed by atoms with Gasteiger partial charge in [-0.3, -0.25) is 0 Å². The highest BCUT2D eigenvalue weighted by atomic mass is 35.5. The van der Waals surface area contributed by atoms with Crippen molar-refractivity contribution in [3.8, 4) is 5.75 Å². The standard InChI is InChI=1S/C9H9Cl2NO2/c1-2-12-9(13)14-7-5-3-4-6(10)8(7)11/h3-5H,2H2,1H3,(H,12,13). The van der Waals surface area contributed by atoms with E-state index >= 15 is 0 Å². The zero-order valence-electron chi connectivity index (χ0n) is 7.51. The summed E-state index contributed by atoms with van der Waals surface area (Å²) in [5.74, 6) is 0.255. The highest BCUT2D eigenvalue weighted by molar-refractivity contribution is 6.43. The Kier molecular flexibility index (Phi) is 4.04. The molecule has 1 N–H and O–H groups in total. The first kappa shape index (κ1) is 11.1. The number of carbonyl (C=O) groups excluding carboxylic acids is 1. The quantitative estimate of drug-likeness (QED) is 0.853. The fraction of sp³-hybridized carbons (Fsp3) is 0.222. The minimum atomic E-state index is -0.545. The van der Waals surface area contributed by atoms with E-state index in [2.05, 4.69) is 5.32 Å². The second kappa shape index (κ2) is 5.08. The molecule has 0 aliphatic heterocycles. The van der Waals surface area contributed by atoms with Gasteiger partial charge in [-0.15, -0.1) is 0 Å². The van der Waals surface area contributed by atoms with Crippen LogP contribution in [0.5, 0.6) is 5.75 Å². The van der Waals surface area contributed by atoms with Gasteiger partial charge in [-0.1, -0.05) is 29.3 Å². The third-order valence-corrected chi connectivity index (χ3v) is 2.24. The number of nitrogens with one attached hydrogen (secondary N) is 1. The van der Waals surface area contributed by atoms with Gasteiger partial charge in [0.2, 0.25) is 0 Å². The number of amides is 1. The van der Waals surface area contributed by atoms with Crippen molar-refractivity contribution >= 4 is 29.3 Å². The summed E-state index contributed by atoms with van der Waals surface area (Å²) in [6.45, 7) is 2.29. The SMILES string of the molecule is CCNC(=O)Oc1cccc(Cl)c1Cl. The molecule has 5 heteroatoms. The summed E-state index contributed by atoms with van der Waals surface area (Å²) in [6, 6.07) is 4.85. The molecular formula is C9H9Cl2NO2. The molecule has 0 aromatic heterocycles. The van der Waals surface area contributed by atoms with Gasteiger partial charge >= 0.3 is 6.09 Å². The molecule has 76 valence electrons. The molecule has 0 heterocycles. The Balaban J connectivity index is 2.76. The first-order valence-corrected chi connectivity index (χ1v) is 4.80. The minimum absolute atomic E-state index is 0.236. The third-order valence-electron chi connectivity index (χ3n) is 1.44. The lowest BCUT2D eigenvalue weighted by Crippen LogP contribution is -2.26. The molecule has 0 spiro atoms. The Bertz CT molecular complexity index is 342. The Morgan fingerprint density at radius 2 is 2.21 bits per heavy atom. The molecule has 0 radical (unpaired) electrons. The number of carbonyl (C=O) groups is 1. The molecule has 0 unspecified atom stereocenters. The Labute approximate surface area is 92.0 Å². The van der Waals surface area contributed by atoms with Crippen LogP contribution in [0.1, 0.15) is 6.92 Å². The minimum Gasteiger partial charge on any atom is -0.409 e. The van der Waals surface area contributed by atoms with Crippen LogP contribution in [0.3, 0.4) is 0 Å². The number of halogens is 2. The van der Waals surface area contributed by atoms with Crippen molar-refractivity contribution in [3.63, 3.8) is 0 Å². The van der Waals surface area contributed by atoms with Gasteiger partial charge in [-0.05, 0) is 19.1 Å². The van der Waals surface area contributed by atoms with Crippen LogP contribution in [0.15, 0.2) is 18.2 Å². The largest absolute Gasteiger partial charge is 0.412 e. The second-order valence-electron chi connectivity index (χ2n) is 2.47. The third kappa shape index (κ3) is 2.79. The predicted octanol–water partition coefficient (Wildman–Crippen LogP) is 3.10. The molecule has 1 aromatic rings. The molecule has 14 heavy (non-hydrogen) atoms. The van der Waals surface area contributed by atoms with Crippen LogP contribution in [0.2, 0.25) is 10.0 Å². The van der Waals surface area contributed by atoms with E-state index in [-0.39, 0.29) is 10.8 Å². The first-order chi connectivity index (χ1) is 6.65. The van der Waals surface area contributed by atoms with Crippen LogP contribution in [-0.2, 0) is 0 Å². The molecule has 0 atom stereocenters. The van der Waals surface area contributed by atoms with E-state index < -0.39 is 6.09 Å². The van der Waals surface area contributed by atoms with Gasteiger partial charge in [0.15, 0.2) is 5.75 Å². The lowest BCUT2D eigenvalue weighted by Gasteiger charge is -2.06. The maximum atomic E-state index is 11.0. The van der Waals surface area contributed by atoms with Crippen molar-refractivity contribution in [2.45, 2.75) is 6.92 Å². The Hall–Kier alpha value is -0.930. The fourth-order valence-corrected chi connectivity index (χ4v) is 1.17. The molecule has 1 aromatic carbocycles. The molecule has 0 saturated carbocycles. The number of ether oxygens (including phenoxy) is 1. The van der Waals surface area contributed by atoms with Crippen molar-refractivity contribution in [3.05, 3.63) is 28.2 Å². The van der Waals surface area contributed by atoms with Gasteiger partial charge in [0, 0.05) is 6.54 Å². The van der Waals surface area contributed by atoms with Crippen LogP contribution in [0.4, 0.5) is 4.79 Å². The Morgan fingerprint density at radius 1 is 1.50 bits per heavy atom. The van der Waals surface area contributed by atoms with Crippen molar-refractivity contribution in [1.29, 1.82) is 0 Å². The predicted molar refractivity (Wildman–Crippen MR) is 56.2 cm³/mol. The monoisotopic (exact) mass is 233 g/mol. The smallest absolute Gasteiger partial charge is 0.409 e. The van der Waals surface area contributed by atoms with Crippen molar-refractivity contribution in [2.24, 2.45) is 0 Å². The summed E-state index contributed by atoms with van der Waals surface area (Å²) in [7, 11) is 0. The number of hydrogen-bond donors (Lipinski definition) is 1. The van der Waals surface area contributed by atoms with Crippen molar-refractivity contribution < 1.29 is 9.53 Å². The van der Waals surface area contributed by atoms with Gasteiger partial charge in [0.05, 0.1) is 5.02 Å². The highest BCUT2D eigenvalue weighted by Gasteiger charge is 2.08. The summed E-state index contributed by atoms with van der Waals surface area (Å²) in [6.07, 6.45) is -0.545. The first-order valence-electron chi connectivity index (χ1n) is 4.05. The molecular weight excluding hydrogens is 225 g/mol. The van der Waals surface area contributed by atoms with Gasteiger partial charge < -0.3 is 10.1 Å². The second-order valence-corrected chi connectivity index (χ2v) is 3.26. The summed E-state index contributed by atoms with van der Waals surface area (Å²) < 4.78 is 4.90. The molecule has 0 fully saturated rings. The normalized spacial score (nSPS) is 9.64. The Morgan fingerprint density at radius 3 is 2.86 bits per heavy atom. The average molecular weight is 234 g/mol. The van der Waals surface area contributed by atoms with Crippen LogP contribution in [0.25, 0.3) is 0 Å². The molecule has 0 bridgehead atoms. The molecule has 0 aliphatic carbocycles. The zero-order chi connectivity index (χ0) is 10.6. The van der Waals surface area contributed by atoms with E-state index in [0.29, 0.717) is 11.6 Å². The average Bonchev–Trinajstić information content (AvgIpc) is 2.13. The molecule has 0 saturated heterocycles. The van der Waals surface area contributed by atoms with Crippen LogP contribution in [-0.4, -0.2) is 12.6 Å². The number of hydrogen-bond acceptors (Lipinski definition) is 2.